The molecule has 5 heteroatoms. The summed E-state index contributed by atoms with van der Waals surface area (Å²) in [7, 11) is 1.98. The Labute approximate surface area is 118 Å². The number of rotatable bonds is 5. The van der Waals surface area contributed by atoms with Crippen LogP contribution in [0.25, 0.3) is 0 Å². The number of anilines is 2. The van der Waals surface area contributed by atoms with E-state index < -0.39 is 0 Å². The molecule has 0 aliphatic heterocycles. The van der Waals surface area contributed by atoms with E-state index in [1.54, 1.807) is 18.3 Å². The third-order valence-electron chi connectivity index (χ3n) is 2.98. The maximum Gasteiger partial charge on any atom is 0.272 e. The molecule has 0 spiro atoms. The molecule has 20 heavy (non-hydrogen) atoms. The van der Waals surface area contributed by atoms with Crippen LogP contribution in [0.3, 0.4) is 0 Å². The summed E-state index contributed by atoms with van der Waals surface area (Å²) in [5, 5.41) is 2.82. The first-order valence-electron chi connectivity index (χ1n) is 6.43. The molecule has 1 heterocycles. The van der Waals surface area contributed by atoms with Gasteiger partial charge in [0.2, 0.25) is 0 Å². The number of nitrogens with one attached hydrogen (secondary N) is 1. The van der Waals surface area contributed by atoms with E-state index in [9.17, 15) is 4.79 Å². The number of aromatic nitrogens is 1. The summed E-state index contributed by atoms with van der Waals surface area (Å²) in [5.41, 5.74) is 7.48. The van der Waals surface area contributed by atoms with E-state index in [-0.39, 0.29) is 11.6 Å². The van der Waals surface area contributed by atoms with Crippen molar-refractivity contribution in [1.82, 2.24) is 10.3 Å². The molecule has 0 radical (unpaired) electrons. The SMILES string of the molecule is CN(CCNC(=O)c1ncccc1N)c1ccccc1. The van der Waals surface area contributed by atoms with E-state index in [2.05, 4.69) is 15.2 Å². The van der Waals surface area contributed by atoms with Crippen LogP contribution in [0.4, 0.5) is 11.4 Å². The highest BCUT2D eigenvalue weighted by Crippen LogP contribution is 2.10. The van der Waals surface area contributed by atoms with E-state index in [0.717, 1.165) is 5.69 Å². The molecule has 3 N–H and O–H groups in total. The van der Waals surface area contributed by atoms with Gasteiger partial charge in [0.15, 0.2) is 5.69 Å². The number of carbonyl (C=O) groups is 1. The van der Waals surface area contributed by atoms with Gasteiger partial charge in [-0.2, -0.15) is 0 Å². The molecule has 0 aliphatic rings. The predicted octanol–water partition coefficient (Wildman–Crippen LogP) is 1.53. The number of nitrogens with zero attached hydrogens (tertiary/aromatic N) is 2. The third-order valence-corrected chi connectivity index (χ3v) is 2.98. The van der Waals surface area contributed by atoms with Crippen molar-refractivity contribution in [3.8, 4) is 0 Å². The van der Waals surface area contributed by atoms with Gasteiger partial charge in [0.05, 0.1) is 5.69 Å². The van der Waals surface area contributed by atoms with Crippen LogP contribution in [0.15, 0.2) is 48.7 Å². The maximum atomic E-state index is 11.9. The molecule has 0 bridgehead atoms. The highest BCUT2D eigenvalue weighted by molar-refractivity contribution is 5.96. The van der Waals surface area contributed by atoms with Crippen molar-refractivity contribution < 1.29 is 4.79 Å². The lowest BCUT2D eigenvalue weighted by Crippen LogP contribution is -2.33. The first kappa shape index (κ1) is 13.9. The normalized spacial score (nSPS) is 10.1. The van der Waals surface area contributed by atoms with Gasteiger partial charge in [0.1, 0.15) is 0 Å². The number of likely N-dealkylation sites (N-methyl/N-ethyl adjacent to an activating group) is 1. The lowest BCUT2D eigenvalue weighted by atomic mass is 10.3. The summed E-state index contributed by atoms with van der Waals surface area (Å²) >= 11 is 0. The molecule has 2 aromatic rings. The average Bonchev–Trinajstić information content (AvgIpc) is 2.48. The largest absolute Gasteiger partial charge is 0.397 e. The molecular weight excluding hydrogens is 252 g/mol. The topological polar surface area (TPSA) is 71.2 Å². The predicted molar refractivity (Wildman–Crippen MR) is 80.7 cm³/mol. The summed E-state index contributed by atoms with van der Waals surface area (Å²) in [5.74, 6) is -0.246. The Morgan fingerprint density at radius 1 is 1.25 bits per heavy atom. The second-order valence-corrected chi connectivity index (χ2v) is 4.45. The van der Waals surface area contributed by atoms with Crippen LogP contribution < -0.4 is 16.0 Å². The van der Waals surface area contributed by atoms with Crippen molar-refractivity contribution in [1.29, 1.82) is 0 Å². The molecule has 1 amide bonds. The number of nitrogen functional groups attached to an aromatic ring is 1. The van der Waals surface area contributed by atoms with Crippen LogP contribution in [0.1, 0.15) is 10.5 Å². The average molecular weight is 270 g/mol. The molecule has 104 valence electrons. The molecule has 1 aromatic carbocycles. The molecule has 1 aromatic heterocycles. The summed E-state index contributed by atoms with van der Waals surface area (Å²) < 4.78 is 0. The number of pyridine rings is 1. The van der Waals surface area contributed by atoms with Gasteiger partial charge in [-0.15, -0.1) is 0 Å². The Bertz CT molecular complexity index is 571. The Kier molecular flexibility index (Phi) is 4.55. The number of benzene rings is 1. The Morgan fingerprint density at radius 2 is 2.00 bits per heavy atom. The zero-order valence-electron chi connectivity index (χ0n) is 11.4. The summed E-state index contributed by atoms with van der Waals surface area (Å²) in [6, 6.07) is 13.4. The standard InChI is InChI=1S/C15H18N4O/c1-19(12-6-3-2-4-7-12)11-10-18-15(20)14-13(16)8-5-9-17-14/h2-9H,10-11,16H2,1H3,(H,18,20). The molecule has 0 saturated heterocycles. The molecule has 0 fully saturated rings. The summed E-state index contributed by atoms with van der Waals surface area (Å²) in [4.78, 5) is 18.0. The molecule has 0 aliphatic carbocycles. The molecule has 2 rings (SSSR count). The van der Waals surface area contributed by atoms with E-state index in [0.29, 0.717) is 18.8 Å². The zero-order chi connectivity index (χ0) is 14.4. The minimum Gasteiger partial charge on any atom is -0.397 e. The van der Waals surface area contributed by atoms with Crippen molar-refractivity contribution in [2.75, 3.05) is 30.8 Å². The fraction of sp³-hybridized carbons (Fsp3) is 0.200. The number of para-hydroxylation sites is 1. The highest BCUT2D eigenvalue weighted by atomic mass is 16.1. The van der Waals surface area contributed by atoms with E-state index in [1.165, 1.54) is 0 Å². The van der Waals surface area contributed by atoms with E-state index in [1.807, 2.05) is 37.4 Å². The molecular formula is C15H18N4O. The van der Waals surface area contributed by atoms with Crippen molar-refractivity contribution in [2.24, 2.45) is 0 Å². The van der Waals surface area contributed by atoms with Crippen LogP contribution in [0.5, 0.6) is 0 Å². The number of amides is 1. The van der Waals surface area contributed by atoms with Gasteiger partial charge < -0.3 is 16.0 Å². The fourth-order valence-electron chi connectivity index (χ4n) is 1.84. The lowest BCUT2D eigenvalue weighted by molar-refractivity contribution is 0.0951. The Morgan fingerprint density at radius 3 is 2.70 bits per heavy atom. The van der Waals surface area contributed by atoms with Crippen molar-refractivity contribution in [3.63, 3.8) is 0 Å². The monoisotopic (exact) mass is 270 g/mol. The van der Waals surface area contributed by atoms with E-state index in [4.69, 9.17) is 5.73 Å². The Hall–Kier alpha value is -2.56. The molecule has 0 unspecified atom stereocenters. The van der Waals surface area contributed by atoms with Crippen LogP contribution in [-0.2, 0) is 0 Å². The minimum atomic E-state index is -0.246. The van der Waals surface area contributed by atoms with Gasteiger partial charge in [-0.05, 0) is 24.3 Å². The van der Waals surface area contributed by atoms with Crippen molar-refractivity contribution >= 4 is 17.3 Å². The number of carbonyl (C=O) groups excluding carboxylic acids is 1. The second kappa shape index (κ2) is 6.56. The highest BCUT2D eigenvalue weighted by Gasteiger charge is 2.10. The first-order chi connectivity index (χ1) is 9.68. The first-order valence-corrected chi connectivity index (χ1v) is 6.43. The smallest absolute Gasteiger partial charge is 0.272 e. The minimum absolute atomic E-state index is 0.246. The quantitative estimate of drug-likeness (QED) is 0.864. The van der Waals surface area contributed by atoms with Gasteiger partial charge in [-0.1, -0.05) is 18.2 Å². The van der Waals surface area contributed by atoms with Crippen LogP contribution in [-0.4, -0.2) is 31.0 Å². The van der Waals surface area contributed by atoms with Crippen molar-refractivity contribution in [3.05, 3.63) is 54.4 Å². The second-order valence-electron chi connectivity index (χ2n) is 4.45. The van der Waals surface area contributed by atoms with Crippen LogP contribution in [0.2, 0.25) is 0 Å². The Balaban J connectivity index is 1.84. The summed E-state index contributed by atoms with van der Waals surface area (Å²) in [6.45, 7) is 1.24. The molecule has 0 saturated carbocycles. The summed E-state index contributed by atoms with van der Waals surface area (Å²) in [6.07, 6.45) is 1.56. The number of hydrogen-bond donors (Lipinski definition) is 2. The van der Waals surface area contributed by atoms with Gasteiger partial charge >= 0.3 is 0 Å². The van der Waals surface area contributed by atoms with Gasteiger partial charge in [-0.25, -0.2) is 4.98 Å². The fourth-order valence-corrected chi connectivity index (χ4v) is 1.84. The molecule has 5 nitrogen and oxygen atoms in total. The van der Waals surface area contributed by atoms with Crippen LogP contribution >= 0.6 is 0 Å². The van der Waals surface area contributed by atoms with Gasteiger partial charge in [0, 0.05) is 32.0 Å². The van der Waals surface area contributed by atoms with Crippen LogP contribution in [0, 0.1) is 0 Å². The number of hydrogen-bond acceptors (Lipinski definition) is 4. The van der Waals surface area contributed by atoms with E-state index >= 15 is 0 Å². The zero-order valence-corrected chi connectivity index (χ0v) is 11.4. The van der Waals surface area contributed by atoms with Crippen molar-refractivity contribution in [2.45, 2.75) is 0 Å². The maximum absolute atomic E-state index is 11.9. The number of nitrogens with two attached hydrogens (primary N) is 1. The molecule has 0 atom stereocenters. The van der Waals surface area contributed by atoms with Gasteiger partial charge in [0.25, 0.3) is 5.91 Å². The van der Waals surface area contributed by atoms with Gasteiger partial charge in [-0.3, -0.25) is 4.79 Å². The third kappa shape index (κ3) is 3.47. The lowest BCUT2D eigenvalue weighted by Gasteiger charge is -2.19.